The molecular formula is C110H104BBrO2. The van der Waals surface area contributed by atoms with Crippen LogP contribution in [0.5, 0.6) is 0 Å². The van der Waals surface area contributed by atoms with E-state index in [1.165, 1.54) is 195 Å². The smallest absolute Gasteiger partial charge is 0.399 e. The van der Waals surface area contributed by atoms with Crippen molar-refractivity contribution in [3.05, 3.63) is 317 Å². The molecule has 14 aromatic rings. The molecule has 25 rings (SSSR count). The Bertz CT molecular complexity index is 6010. The summed E-state index contributed by atoms with van der Waals surface area (Å²) in [5.74, 6) is 7.18. The fraction of sp³-hybridized carbons (Fsp3) is 0.309. The lowest BCUT2D eigenvalue weighted by molar-refractivity contribution is -0.0399. The van der Waals surface area contributed by atoms with Crippen molar-refractivity contribution in [2.45, 2.75) is 166 Å². The van der Waals surface area contributed by atoms with Crippen LogP contribution in [0.2, 0.25) is 0 Å². The predicted molar refractivity (Wildman–Crippen MR) is 484 cm³/mol. The Labute approximate surface area is 684 Å². The molecule has 0 unspecified atom stereocenters. The molecule has 8 bridgehead atoms. The third-order valence-electron chi connectivity index (χ3n) is 30.3. The van der Waals surface area contributed by atoms with Crippen LogP contribution < -0.4 is 5.46 Å². The van der Waals surface area contributed by atoms with E-state index in [2.05, 4.69) is 364 Å². The zero-order chi connectivity index (χ0) is 77.5. The third-order valence-corrected chi connectivity index (χ3v) is 30.9. The van der Waals surface area contributed by atoms with Gasteiger partial charge in [-0.15, -0.1) is 0 Å². The van der Waals surface area contributed by atoms with E-state index < -0.39 is 18.3 Å². The summed E-state index contributed by atoms with van der Waals surface area (Å²) in [5.41, 5.74) is 29.1. The number of halogens is 1. The Hall–Kier alpha value is -9.42. The molecule has 11 aliphatic rings. The molecular weight excluding hydrogens is 1440 g/mol. The maximum absolute atomic E-state index is 6.55. The van der Waals surface area contributed by atoms with E-state index in [4.69, 9.17) is 9.31 Å². The molecule has 1 aliphatic heterocycles. The summed E-state index contributed by atoms with van der Waals surface area (Å²) in [5, 5.41) is 10.2. The molecule has 1 heterocycles. The molecule has 2 spiro atoms. The maximum atomic E-state index is 6.55. The Kier molecular flexibility index (Phi) is 17.0. The van der Waals surface area contributed by atoms with E-state index in [1.807, 2.05) is 0 Å². The second-order valence-electron chi connectivity index (χ2n) is 38.9. The molecule has 0 radical (unpaired) electrons. The number of hydrogen-bond acceptors (Lipinski definition) is 2. The van der Waals surface area contributed by atoms with E-state index in [9.17, 15) is 0 Å². The molecule has 10 aliphatic carbocycles. The van der Waals surface area contributed by atoms with Gasteiger partial charge in [0.05, 0.1) is 11.2 Å². The van der Waals surface area contributed by atoms with Gasteiger partial charge in [-0.05, 0) is 310 Å². The summed E-state index contributed by atoms with van der Waals surface area (Å²) in [6.07, 6.45) is 14.5. The minimum atomic E-state index is -0.437. The quantitative estimate of drug-likeness (QED) is 0.122. The first kappa shape index (κ1) is 72.3. The SMILES string of the molecule is Brc1cccc2c1-c1ccccc1C21C2CC3CC(C2)CC1C3.CC(C)(C)c1ccc(-c2c3ccccc3c(-c3ccccc3-c3cccc4c3-c3ccccc3C43C4CC5CC(C4)CC3C5)c3ccccc23)cc1.CC(C)(C)c1ccc(-c2c3ccccc3c(-c3ccccc3B3OC(C)(C)C(C)(C)O3)c3ccccc23)cc1. The van der Waals surface area contributed by atoms with Gasteiger partial charge in [0, 0.05) is 20.9 Å². The molecule has 2 nitrogen and oxygen atoms in total. The normalized spacial score (nSPS) is 24.6. The highest BCUT2D eigenvalue weighted by atomic mass is 79.9. The lowest BCUT2D eigenvalue weighted by Crippen LogP contribution is -2.55. The fourth-order valence-electron chi connectivity index (χ4n) is 25.2. The van der Waals surface area contributed by atoms with Crippen molar-refractivity contribution >= 4 is 71.6 Å². The van der Waals surface area contributed by atoms with E-state index in [1.54, 1.807) is 22.3 Å². The van der Waals surface area contributed by atoms with Gasteiger partial charge in [0.25, 0.3) is 0 Å². The summed E-state index contributed by atoms with van der Waals surface area (Å²) in [4.78, 5) is 0. The summed E-state index contributed by atoms with van der Waals surface area (Å²) in [6.45, 7) is 22.1. The Balaban J connectivity index is 0.000000115. The molecule has 1 saturated heterocycles. The van der Waals surface area contributed by atoms with E-state index in [-0.39, 0.29) is 16.2 Å². The van der Waals surface area contributed by atoms with Crippen LogP contribution in [0.3, 0.4) is 0 Å². The monoisotopic (exact) mass is 1550 g/mol. The molecule has 9 fully saturated rings. The molecule has 8 saturated carbocycles. The van der Waals surface area contributed by atoms with Crippen LogP contribution in [-0.2, 0) is 31.0 Å². The van der Waals surface area contributed by atoms with Crippen molar-refractivity contribution in [2.75, 3.05) is 0 Å². The number of benzene rings is 14. The fourth-order valence-corrected chi connectivity index (χ4v) is 25.7. The molecule has 566 valence electrons. The van der Waals surface area contributed by atoms with Gasteiger partial charge in [0.1, 0.15) is 0 Å². The standard InChI is InChI=1S/C52H46.C36H37BO2.C22H21Br/c1-51(2,3)35-25-23-34(24-26-35)48-41-15-6-8-17-43(41)49(44-18-9-7-16-42(44)48)39-14-5-4-13-38(39)40-20-12-22-47-50(40)45-19-10-11-21-46(45)52(47)36-28-32-27-33(30-36)31-37(52)29-32;1-34(2,3)25-22-20-24(21-23-25)32-26-14-8-10-16-28(26)33(29-17-11-9-15-27(29)32)30-18-12-13-19-31(30)37-38-35(4,5)36(6,7)39-37;23-20-7-3-6-19-21(20)17-4-1-2-5-18(17)22(19)15-9-13-8-14(11-15)12-16(22)10-13/h4-26,32-33,36-37H,27-31H2,1-3H3;8-23H,1-7H3;1-7,13-16H,8-12H2. The lowest BCUT2D eigenvalue weighted by Gasteiger charge is -2.61. The lowest BCUT2D eigenvalue weighted by atomic mass is 9.43. The average Bonchev–Trinajstić information content (AvgIpc) is 1.50. The van der Waals surface area contributed by atoms with Crippen molar-refractivity contribution in [1.82, 2.24) is 0 Å². The minimum Gasteiger partial charge on any atom is -0.399 e. The van der Waals surface area contributed by atoms with Gasteiger partial charge >= 0.3 is 7.12 Å². The molecule has 0 atom stereocenters. The van der Waals surface area contributed by atoms with Crippen LogP contribution in [-0.4, -0.2) is 18.3 Å². The number of hydrogen-bond donors (Lipinski definition) is 0. The summed E-state index contributed by atoms with van der Waals surface area (Å²) in [7, 11) is -0.437. The number of fused-ring (bicyclic) bond motifs is 10. The van der Waals surface area contributed by atoms with Crippen molar-refractivity contribution < 1.29 is 9.31 Å². The van der Waals surface area contributed by atoms with E-state index >= 15 is 0 Å². The third kappa shape index (κ3) is 11.0. The minimum absolute atomic E-state index is 0.115. The Morgan fingerprint density at radius 3 is 0.974 bits per heavy atom. The topological polar surface area (TPSA) is 18.5 Å². The zero-order valence-electron chi connectivity index (χ0n) is 68.0. The van der Waals surface area contributed by atoms with Gasteiger partial charge in [-0.1, -0.05) is 330 Å². The molecule has 0 amide bonds. The first-order valence-corrected chi connectivity index (χ1v) is 43.7. The second-order valence-corrected chi connectivity index (χ2v) is 39.7. The Morgan fingerprint density at radius 1 is 0.272 bits per heavy atom. The van der Waals surface area contributed by atoms with Crippen LogP contribution in [0.4, 0.5) is 0 Å². The molecule has 14 aromatic carbocycles. The number of rotatable bonds is 6. The van der Waals surface area contributed by atoms with Crippen LogP contribution in [0.1, 0.15) is 167 Å². The van der Waals surface area contributed by atoms with Gasteiger partial charge in [-0.2, -0.15) is 0 Å². The largest absolute Gasteiger partial charge is 0.495 e. The highest BCUT2D eigenvalue weighted by Gasteiger charge is 2.64. The summed E-state index contributed by atoms with van der Waals surface area (Å²) in [6, 6.07) is 105. The van der Waals surface area contributed by atoms with Crippen molar-refractivity contribution in [3.8, 4) is 77.9 Å². The maximum Gasteiger partial charge on any atom is 0.495 e. The van der Waals surface area contributed by atoms with Gasteiger partial charge < -0.3 is 9.31 Å². The van der Waals surface area contributed by atoms with Crippen molar-refractivity contribution in [3.63, 3.8) is 0 Å². The predicted octanol–water partition coefficient (Wildman–Crippen LogP) is 29.1. The Morgan fingerprint density at radius 2 is 0.570 bits per heavy atom. The van der Waals surface area contributed by atoms with Gasteiger partial charge in [-0.25, -0.2) is 0 Å². The van der Waals surface area contributed by atoms with Gasteiger partial charge in [-0.3, -0.25) is 0 Å². The zero-order valence-corrected chi connectivity index (χ0v) is 69.6. The summed E-state index contributed by atoms with van der Waals surface area (Å²) < 4.78 is 14.4. The molecule has 114 heavy (non-hydrogen) atoms. The van der Waals surface area contributed by atoms with Gasteiger partial charge in [0.15, 0.2) is 0 Å². The van der Waals surface area contributed by atoms with Crippen LogP contribution in [0.15, 0.2) is 284 Å². The first-order valence-electron chi connectivity index (χ1n) is 42.9. The van der Waals surface area contributed by atoms with Gasteiger partial charge in [0.2, 0.25) is 0 Å². The van der Waals surface area contributed by atoms with E-state index in [0.717, 1.165) is 58.4 Å². The van der Waals surface area contributed by atoms with Crippen LogP contribution in [0, 0.1) is 47.3 Å². The summed E-state index contributed by atoms with van der Waals surface area (Å²) >= 11 is 3.87. The van der Waals surface area contributed by atoms with Crippen molar-refractivity contribution in [1.29, 1.82) is 0 Å². The van der Waals surface area contributed by atoms with Crippen molar-refractivity contribution in [2.24, 2.45) is 47.3 Å². The van der Waals surface area contributed by atoms with Crippen LogP contribution >= 0.6 is 15.9 Å². The highest BCUT2D eigenvalue weighted by Crippen LogP contribution is 2.72. The first-order chi connectivity index (χ1) is 55.2. The average molecular weight is 1550 g/mol. The second kappa shape index (κ2) is 26.8. The van der Waals surface area contributed by atoms with E-state index in [0.29, 0.717) is 5.41 Å². The highest BCUT2D eigenvalue weighted by molar-refractivity contribution is 9.10. The van der Waals surface area contributed by atoms with Crippen LogP contribution in [0.25, 0.3) is 121 Å². The molecule has 0 N–H and O–H groups in total. The molecule has 0 aromatic heterocycles. The molecule has 4 heteroatoms.